The van der Waals surface area contributed by atoms with E-state index in [2.05, 4.69) is 4.98 Å². The van der Waals surface area contributed by atoms with Crippen LogP contribution >= 0.6 is 0 Å². The lowest BCUT2D eigenvalue weighted by Gasteiger charge is -2.29. The number of hydrogen-bond acceptors (Lipinski definition) is 6. The lowest BCUT2D eigenvalue weighted by Crippen LogP contribution is -2.34. The van der Waals surface area contributed by atoms with Gasteiger partial charge in [0.2, 0.25) is 0 Å². The van der Waals surface area contributed by atoms with Crippen LogP contribution in [0.25, 0.3) is 0 Å². The van der Waals surface area contributed by atoms with E-state index in [9.17, 15) is 14.4 Å². The lowest BCUT2D eigenvalue weighted by molar-refractivity contribution is -0.147. The van der Waals surface area contributed by atoms with Crippen LogP contribution in [0.1, 0.15) is 70.2 Å². The van der Waals surface area contributed by atoms with Crippen molar-refractivity contribution in [3.05, 3.63) is 40.9 Å². The summed E-state index contributed by atoms with van der Waals surface area (Å²) < 4.78 is 10.8. The minimum absolute atomic E-state index is 0.215. The van der Waals surface area contributed by atoms with Crippen molar-refractivity contribution in [1.29, 1.82) is 0 Å². The van der Waals surface area contributed by atoms with Gasteiger partial charge in [0.15, 0.2) is 6.29 Å². The molecular formula is C20H28N2O5. The maximum absolute atomic E-state index is 12.4. The molecule has 0 unspecified atom stereocenters. The van der Waals surface area contributed by atoms with E-state index in [0.717, 1.165) is 5.57 Å². The monoisotopic (exact) mass is 376 g/mol. The Labute approximate surface area is 160 Å². The van der Waals surface area contributed by atoms with Gasteiger partial charge < -0.3 is 9.47 Å². The highest BCUT2D eigenvalue weighted by molar-refractivity contribution is 5.72. The van der Waals surface area contributed by atoms with Crippen molar-refractivity contribution in [1.82, 2.24) is 9.88 Å². The summed E-state index contributed by atoms with van der Waals surface area (Å²) in [5.74, 6) is -0.480. The normalized spacial score (nSPS) is 12.0. The molecule has 0 N–H and O–H groups in total. The molecule has 1 rings (SSSR count). The van der Waals surface area contributed by atoms with Gasteiger partial charge in [-0.05, 0) is 46.8 Å². The molecule has 1 aromatic rings. The first kappa shape index (κ1) is 22.3. The summed E-state index contributed by atoms with van der Waals surface area (Å²) in [4.78, 5) is 40.7. The number of esters is 1. The van der Waals surface area contributed by atoms with E-state index in [-0.39, 0.29) is 12.1 Å². The van der Waals surface area contributed by atoms with Crippen molar-refractivity contribution in [3.63, 3.8) is 0 Å². The van der Waals surface area contributed by atoms with Crippen LogP contribution in [0.4, 0.5) is 4.79 Å². The summed E-state index contributed by atoms with van der Waals surface area (Å²) in [5, 5.41) is 0. The molecule has 0 bridgehead atoms. The number of rotatable bonds is 6. The van der Waals surface area contributed by atoms with Crippen molar-refractivity contribution in [3.8, 4) is 0 Å². The Morgan fingerprint density at radius 3 is 2.33 bits per heavy atom. The number of allylic oxidation sites excluding steroid dienone is 1. The fraction of sp³-hybridized carbons (Fsp3) is 0.500. The van der Waals surface area contributed by atoms with Gasteiger partial charge in [-0.15, -0.1) is 0 Å². The molecule has 0 aromatic carbocycles. The van der Waals surface area contributed by atoms with Crippen molar-refractivity contribution in [2.75, 3.05) is 7.05 Å². The first-order valence-corrected chi connectivity index (χ1v) is 8.67. The van der Waals surface area contributed by atoms with Gasteiger partial charge in [-0.2, -0.15) is 0 Å². The minimum Gasteiger partial charge on any atom is -0.456 e. The smallest absolute Gasteiger partial charge is 0.414 e. The predicted octanol–water partition coefficient (Wildman–Crippen LogP) is 4.05. The van der Waals surface area contributed by atoms with E-state index in [1.807, 2.05) is 13.8 Å². The zero-order chi connectivity index (χ0) is 20.8. The molecule has 7 nitrogen and oxygen atoms in total. The van der Waals surface area contributed by atoms with Crippen molar-refractivity contribution >= 4 is 18.3 Å². The van der Waals surface area contributed by atoms with Gasteiger partial charge in [0, 0.05) is 26.1 Å². The third-order valence-corrected chi connectivity index (χ3v) is 3.58. The number of ether oxygens (including phenoxy) is 2. The summed E-state index contributed by atoms with van der Waals surface area (Å²) in [6.07, 6.45) is -0.400. The number of aromatic nitrogens is 1. The van der Waals surface area contributed by atoms with Crippen LogP contribution in [0, 0.1) is 0 Å². The maximum atomic E-state index is 12.4. The van der Waals surface area contributed by atoms with Crippen LogP contribution in [-0.2, 0) is 14.3 Å². The Bertz CT molecular complexity index is 730. The molecule has 0 aliphatic heterocycles. The van der Waals surface area contributed by atoms with E-state index in [1.54, 1.807) is 46.0 Å². The molecule has 0 aliphatic rings. The van der Waals surface area contributed by atoms with Crippen LogP contribution in [-0.4, -0.2) is 40.9 Å². The largest absolute Gasteiger partial charge is 0.456 e. The molecule has 1 aromatic heterocycles. The molecule has 1 heterocycles. The Hall–Kier alpha value is -2.70. The lowest BCUT2D eigenvalue weighted by atomic mass is 10.1. The first-order chi connectivity index (χ1) is 12.4. The number of hydrogen-bond donors (Lipinski definition) is 0. The first-order valence-electron chi connectivity index (χ1n) is 8.67. The highest BCUT2D eigenvalue weighted by Crippen LogP contribution is 2.28. The SMILES string of the molecule is CC(=O)O[C@H](CC(=C(C)C)N(C)C(=O)OC(C)(C)C)c1cccc(C=O)n1. The van der Waals surface area contributed by atoms with E-state index in [0.29, 0.717) is 17.7 Å². The fourth-order valence-electron chi connectivity index (χ4n) is 2.41. The fourth-order valence-corrected chi connectivity index (χ4v) is 2.41. The zero-order valence-electron chi connectivity index (χ0n) is 17.0. The quantitative estimate of drug-likeness (QED) is 0.550. The molecule has 0 fully saturated rings. The topological polar surface area (TPSA) is 85.8 Å². The molecule has 0 radical (unpaired) electrons. The predicted molar refractivity (Wildman–Crippen MR) is 101 cm³/mol. The van der Waals surface area contributed by atoms with Gasteiger partial charge in [-0.3, -0.25) is 14.5 Å². The third-order valence-electron chi connectivity index (χ3n) is 3.58. The Morgan fingerprint density at radius 2 is 1.85 bits per heavy atom. The number of amides is 1. The minimum atomic E-state index is -0.739. The van der Waals surface area contributed by atoms with Gasteiger partial charge >= 0.3 is 12.1 Å². The van der Waals surface area contributed by atoms with Gasteiger partial charge in [0.25, 0.3) is 0 Å². The Kier molecular flexibility index (Phi) is 7.69. The van der Waals surface area contributed by atoms with Crippen LogP contribution in [0.3, 0.4) is 0 Å². The highest BCUT2D eigenvalue weighted by atomic mass is 16.6. The number of nitrogens with zero attached hydrogens (tertiary/aromatic N) is 2. The Morgan fingerprint density at radius 1 is 1.22 bits per heavy atom. The molecule has 0 saturated carbocycles. The van der Waals surface area contributed by atoms with E-state index in [4.69, 9.17) is 9.47 Å². The second-order valence-electron chi connectivity index (χ2n) is 7.39. The molecule has 0 spiro atoms. The number of pyridine rings is 1. The second-order valence-corrected chi connectivity index (χ2v) is 7.39. The molecular weight excluding hydrogens is 348 g/mol. The van der Waals surface area contributed by atoms with Gasteiger partial charge in [-0.25, -0.2) is 9.78 Å². The molecule has 0 saturated heterocycles. The average molecular weight is 376 g/mol. The van der Waals surface area contributed by atoms with E-state index >= 15 is 0 Å². The van der Waals surface area contributed by atoms with Gasteiger partial charge in [-0.1, -0.05) is 11.6 Å². The van der Waals surface area contributed by atoms with Crippen molar-refractivity contribution < 1.29 is 23.9 Å². The second kappa shape index (κ2) is 9.30. The molecule has 1 atom stereocenters. The van der Waals surface area contributed by atoms with Crippen LogP contribution < -0.4 is 0 Å². The van der Waals surface area contributed by atoms with Crippen molar-refractivity contribution in [2.45, 2.75) is 59.7 Å². The van der Waals surface area contributed by atoms with Gasteiger partial charge in [0.1, 0.15) is 17.4 Å². The maximum Gasteiger partial charge on any atom is 0.414 e. The summed E-state index contributed by atoms with van der Waals surface area (Å²) in [6, 6.07) is 4.91. The number of aldehydes is 1. The molecule has 1 amide bonds. The molecule has 0 aliphatic carbocycles. The molecule has 148 valence electrons. The molecule has 7 heteroatoms. The summed E-state index contributed by atoms with van der Waals surface area (Å²) >= 11 is 0. The molecule has 27 heavy (non-hydrogen) atoms. The zero-order valence-corrected chi connectivity index (χ0v) is 17.0. The van der Waals surface area contributed by atoms with Crippen molar-refractivity contribution in [2.24, 2.45) is 0 Å². The van der Waals surface area contributed by atoms with Gasteiger partial charge in [0.05, 0.1) is 5.69 Å². The Balaban J connectivity index is 3.18. The van der Waals surface area contributed by atoms with Crippen LogP contribution in [0.2, 0.25) is 0 Å². The van der Waals surface area contributed by atoms with E-state index < -0.39 is 23.8 Å². The van der Waals surface area contributed by atoms with Crippen LogP contribution in [0.15, 0.2) is 29.5 Å². The van der Waals surface area contributed by atoms with Crippen LogP contribution in [0.5, 0.6) is 0 Å². The summed E-state index contributed by atoms with van der Waals surface area (Å²) in [6.45, 7) is 10.4. The number of carbonyl (C=O) groups is 3. The highest BCUT2D eigenvalue weighted by Gasteiger charge is 2.26. The third kappa shape index (κ3) is 7.21. The number of carbonyl (C=O) groups excluding carboxylic acids is 3. The standard InChI is InChI=1S/C20H28N2O5/c1-13(2)17(22(7)19(25)27-20(4,5)6)11-18(26-14(3)24)16-10-8-9-15(12-23)21-16/h8-10,12,18H,11H2,1-7H3/t18-/m1/s1. The average Bonchev–Trinajstić information content (AvgIpc) is 2.55. The van der Waals surface area contributed by atoms with E-state index in [1.165, 1.54) is 11.8 Å². The summed E-state index contributed by atoms with van der Waals surface area (Å²) in [5.41, 5.74) is 1.56. The summed E-state index contributed by atoms with van der Waals surface area (Å²) in [7, 11) is 1.61.